The van der Waals surface area contributed by atoms with Crippen molar-refractivity contribution in [2.45, 2.75) is 57.9 Å². The summed E-state index contributed by atoms with van der Waals surface area (Å²) in [6.45, 7) is 3.73. The van der Waals surface area contributed by atoms with Gasteiger partial charge in [-0.3, -0.25) is 9.78 Å². The van der Waals surface area contributed by atoms with E-state index in [9.17, 15) is 10.1 Å². The van der Waals surface area contributed by atoms with E-state index in [2.05, 4.69) is 16.4 Å². The molecule has 1 aliphatic rings. The molecule has 0 aromatic carbocycles. The van der Waals surface area contributed by atoms with E-state index in [-0.39, 0.29) is 5.91 Å². The summed E-state index contributed by atoms with van der Waals surface area (Å²) in [5.41, 5.74) is 1.47. The van der Waals surface area contributed by atoms with Crippen LogP contribution < -0.4 is 5.32 Å². The van der Waals surface area contributed by atoms with Crippen LogP contribution in [0.5, 0.6) is 0 Å². The molecule has 1 aromatic heterocycles. The van der Waals surface area contributed by atoms with Gasteiger partial charge in [-0.15, -0.1) is 0 Å². The van der Waals surface area contributed by atoms with E-state index in [1.807, 2.05) is 19.9 Å². The number of carbonyl (C=O) groups is 1. The van der Waals surface area contributed by atoms with Crippen LogP contribution in [0.1, 0.15) is 60.3 Å². The van der Waals surface area contributed by atoms with Gasteiger partial charge in [0, 0.05) is 5.69 Å². The lowest BCUT2D eigenvalue weighted by Gasteiger charge is -2.26. The molecule has 0 saturated heterocycles. The minimum Gasteiger partial charge on any atom is -0.334 e. The molecule has 1 aliphatic carbocycles. The molecule has 106 valence electrons. The molecule has 0 aliphatic heterocycles. The fourth-order valence-corrected chi connectivity index (χ4v) is 2.81. The predicted molar refractivity (Wildman–Crippen MR) is 77.2 cm³/mol. The van der Waals surface area contributed by atoms with E-state index in [4.69, 9.17) is 0 Å². The molecule has 0 radical (unpaired) electrons. The van der Waals surface area contributed by atoms with E-state index in [0.29, 0.717) is 11.3 Å². The summed E-state index contributed by atoms with van der Waals surface area (Å²) in [5, 5.41) is 12.5. The summed E-state index contributed by atoms with van der Waals surface area (Å²) in [6, 6.07) is 5.95. The molecular weight excluding hydrogens is 250 g/mol. The Balaban J connectivity index is 2.18. The van der Waals surface area contributed by atoms with E-state index >= 15 is 0 Å². The second-order valence-corrected chi connectivity index (χ2v) is 5.65. The molecule has 1 fully saturated rings. The summed E-state index contributed by atoms with van der Waals surface area (Å²) in [4.78, 5) is 16.7. The average molecular weight is 271 g/mol. The van der Waals surface area contributed by atoms with Crippen LogP contribution in [0.4, 0.5) is 0 Å². The van der Waals surface area contributed by atoms with Crippen LogP contribution in [-0.2, 0) is 0 Å². The first-order chi connectivity index (χ1) is 9.56. The van der Waals surface area contributed by atoms with Crippen LogP contribution in [0.15, 0.2) is 12.1 Å². The lowest BCUT2D eigenvalue weighted by Crippen LogP contribution is -2.47. The maximum absolute atomic E-state index is 12.4. The van der Waals surface area contributed by atoms with Gasteiger partial charge in [0.25, 0.3) is 5.91 Å². The summed E-state index contributed by atoms with van der Waals surface area (Å²) in [7, 11) is 0. The summed E-state index contributed by atoms with van der Waals surface area (Å²) in [6.07, 6.45) is 5.77. The number of hydrogen-bond donors (Lipinski definition) is 1. The van der Waals surface area contributed by atoms with Gasteiger partial charge in [-0.25, -0.2) is 0 Å². The van der Waals surface area contributed by atoms with Crippen molar-refractivity contribution in [3.63, 3.8) is 0 Å². The molecule has 4 heteroatoms. The second kappa shape index (κ2) is 6.04. The molecule has 20 heavy (non-hydrogen) atoms. The fourth-order valence-electron chi connectivity index (χ4n) is 2.81. The quantitative estimate of drug-likeness (QED) is 0.841. The Morgan fingerprint density at radius 2 is 1.90 bits per heavy atom. The molecule has 0 bridgehead atoms. The van der Waals surface area contributed by atoms with Crippen molar-refractivity contribution in [2.75, 3.05) is 0 Å². The lowest BCUT2D eigenvalue weighted by molar-refractivity contribution is 0.0912. The maximum atomic E-state index is 12.4. The first-order valence-electron chi connectivity index (χ1n) is 7.24. The van der Waals surface area contributed by atoms with Crippen molar-refractivity contribution >= 4 is 5.91 Å². The van der Waals surface area contributed by atoms with Crippen LogP contribution >= 0.6 is 0 Å². The number of aryl methyl sites for hydroxylation is 2. The topological polar surface area (TPSA) is 65.8 Å². The van der Waals surface area contributed by atoms with Gasteiger partial charge < -0.3 is 5.32 Å². The third-order valence-corrected chi connectivity index (χ3v) is 3.99. The Hall–Kier alpha value is -1.89. The zero-order valence-electron chi connectivity index (χ0n) is 12.2. The highest BCUT2D eigenvalue weighted by atomic mass is 16.1. The maximum Gasteiger partial charge on any atom is 0.254 e. The number of nitriles is 1. The summed E-state index contributed by atoms with van der Waals surface area (Å²) >= 11 is 0. The number of pyridine rings is 1. The fraction of sp³-hybridized carbons (Fsp3) is 0.562. The standard InChI is InChI=1S/C16H21N3O/c1-12-7-8-14(13(2)18-12)15(20)19-16(11-17)9-5-3-4-6-10-16/h7-8H,3-6,9-10H2,1-2H3,(H,19,20). The predicted octanol–water partition coefficient (Wildman–Crippen LogP) is 3.04. The minimum atomic E-state index is -0.703. The van der Waals surface area contributed by atoms with Crippen molar-refractivity contribution < 1.29 is 4.79 Å². The Labute approximate surface area is 120 Å². The molecule has 2 rings (SSSR count). The smallest absolute Gasteiger partial charge is 0.254 e. The van der Waals surface area contributed by atoms with Gasteiger partial charge in [0.05, 0.1) is 17.3 Å². The van der Waals surface area contributed by atoms with Crippen molar-refractivity contribution in [2.24, 2.45) is 0 Å². The Kier molecular flexibility index (Phi) is 4.39. The highest BCUT2D eigenvalue weighted by molar-refractivity contribution is 5.95. The van der Waals surface area contributed by atoms with Crippen molar-refractivity contribution in [1.82, 2.24) is 10.3 Å². The number of amides is 1. The summed E-state index contributed by atoms with van der Waals surface area (Å²) in [5.74, 6) is -0.182. The van der Waals surface area contributed by atoms with Gasteiger partial charge in [-0.1, -0.05) is 25.7 Å². The van der Waals surface area contributed by atoms with Crippen LogP contribution in [0.3, 0.4) is 0 Å². The highest BCUT2D eigenvalue weighted by Crippen LogP contribution is 2.27. The Morgan fingerprint density at radius 3 is 2.45 bits per heavy atom. The minimum absolute atomic E-state index is 0.182. The number of hydrogen-bond acceptors (Lipinski definition) is 3. The first-order valence-corrected chi connectivity index (χ1v) is 7.24. The van der Waals surface area contributed by atoms with Gasteiger partial charge >= 0.3 is 0 Å². The van der Waals surface area contributed by atoms with Gasteiger partial charge in [0.1, 0.15) is 5.54 Å². The van der Waals surface area contributed by atoms with Gasteiger partial charge in [0.15, 0.2) is 0 Å². The lowest BCUT2D eigenvalue weighted by atomic mass is 9.91. The Morgan fingerprint density at radius 1 is 1.25 bits per heavy atom. The molecule has 1 aromatic rings. The molecule has 1 saturated carbocycles. The molecule has 1 N–H and O–H groups in total. The van der Waals surface area contributed by atoms with E-state index in [0.717, 1.165) is 44.2 Å². The third-order valence-electron chi connectivity index (χ3n) is 3.99. The van der Waals surface area contributed by atoms with E-state index < -0.39 is 5.54 Å². The molecule has 0 unspecified atom stereocenters. The average Bonchev–Trinajstić information content (AvgIpc) is 2.64. The molecule has 1 heterocycles. The normalized spacial score (nSPS) is 17.9. The first kappa shape index (κ1) is 14.5. The number of carbonyl (C=O) groups excluding carboxylic acids is 1. The number of nitrogens with zero attached hydrogens (tertiary/aromatic N) is 2. The summed E-state index contributed by atoms with van der Waals surface area (Å²) < 4.78 is 0. The SMILES string of the molecule is Cc1ccc(C(=O)NC2(C#N)CCCCCC2)c(C)n1. The van der Waals surface area contributed by atoms with E-state index in [1.165, 1.54) is 0 Å². The molecule has 4 nitrogen and oxygen atoms in total. The van der Waals surface area contributed by atoms with Crippen molar-refractivity contribution in [1.29, 1.82) is 5.26 Å². The zero-order chi connectivity index (χ0) is 14.6. The molecule has 0 atom stereocenters. The highest BCUT2D eigenvalue weighted by Gasteiger charge is 2.33. The monoisotopic (exact) mass is 271 g/mol. The Bertz CT molecular complexity index is 537. The van der Waals surface area contributed by atoms with Crippen molar-refractivity contribution in [3.05, 3.63) is 29.1 Å². The van der Waals surface area contributed by atoms with Gasteiger partial charge in [-0.2, -0.15) is 5.26 Å². The second-order valence-electron chi connectivity index (χ2n) is 5.65. The molecular formula is C16H21N3O. The third kappa shape index (κ3) is 3.16. The van der Waals surface area contributed by atoms with E-state index in [1.54, 1.807) is 6.07 Å². The van der Waals surface area contributed by atoms with Crippen LogP contribution in [0.25, 0.3) is 0 Å². The molecule has 0 spiro atoms. The van der Waals surface area contributed by atoms with Crippen molar-refractivity contribution in [3.8, 4) is 6.07 Å². The van der Waals surface area contributed by atoms with Crippen LogP contribution in [-0.4, -0.2) is 16.4 Å². The van der Waals surface area contributed by atoms with Gasteiger partial charge in [-0.05, 0) is 38.8 Å². The molecule has 1 amide bonds. The number of nitrogens with one attached hydrogen (secondary N) is 1. The number of aromatic nitrogens is 1. The van der Waals surface area contributed by atoms with Gasteiger partial charge in [0.2, 0.25) is 0 Å². The largest absolute Gasteiger partial charge is 0.334 e. The zero-order valence-corrected chi connectivity index (χ0v) is 12.2. The number of rotatable bonds is 2. The van der Waals surface area contributed by atoms with Crippen LogP contribution in [0, 0.1) is 25.2 Å². The van der Waals surface area contributed by atoms with Crippen LogP contribution in [0.2, 0.25) is 0 Å².